The zero-order valence-electron chi connectivity index (χ0n) is 18.6. The second-order valence-electron chi connectivity index (χ2n) is 9.13. The van der Waals surface area contributed by atoms with Crippen molar-refractivity contribution < 1.29 is 19.4 Å². The number of carboxylic acid groups (broad SMARTS) is 1. The fourth-order valence-electron chi connectivity index (χ4n) is 4.30. The predicted octanol–water partition coefficient (Wildman–Crippen LogP) is 6.76. The molecule has 0 aliphatic heterocycles. The van der Waals surface area contributed by atoms with E-state index in [0.29, 0.717) is 12.8 Å². The van der Waals surface area contributed by atoms with Crippen molar-refractivity contribution in [1.29, 1.82) is 0 Å². The van der Waals surface area contributed by atoms with E-state index in [1.165, 1.54) is 32.1 Å². The second-order valence-corrected chi connectivity index (χ2v) is 9.13. The highest BCUT2D eigenvalue weighted by Crippen LogP contribution is 2.32. The van der Waals surface area contributed by atoms with E-state index >= 15 is 0 Å². The van der Waals surface area contributed by atoms with Crippen molar-refractivity contribution in [2.24, 2.45) is 17.8 Å². The minimum Gasteiger partial charge on any atom is -0.481 e. The molecule has 164 valence electrons. The van der Waals surface area contributed by atoms with Gasteiger partial charge in [0, 0.05) is 0 Å². The van der Waals surface area contributed by atoms with Crippen LogP contribution in [-0.2, 0) is 14.3 Å². The van der Waals surface area contributed by atoms with Gasteiger partial charge in [0.05, 0.1) is 11.8 Å². The zero-order chi connectivity index (χ0) is 20.8. The molecule has 3 atom stereocenters. The van der Waals surface area contributed by atoms with E-state index in [1.54, 1.807) is 0 Å². The van der Waals surface area contributed by atoms with Crippen LogP contribution < -0.4 is 0 Å². The number of ether oxygens (including phenoxy) is 1. The Morgan fingerprint density at radius 3 is 1.96 bits per heavy atom. The molecule has 28 heavy (non-hydrogen) atoms. The Kier molecular flexibility index (Phi) is 13.3. The fraction of sp³-hybridized carbons (Fsp3) is 0.917. The molecular weight excluding hydrogens is 352 g/mol. The van der Waals surface area contributed by atoms with Crippen LogP contribution in [0.4, 0.5) is 0 Å². The van der Waals surface area contributed by atoms with Crippen LogP contribution in [0, 0.1) is 17.8 Å². The number of aliphatic carboxylic acids is 1. The van der Waals surface area contributed by atoms with Crippen LogP contribution >= 0.6 is 0 Å². The lowest BCUT2D eigenvalue weighted by Crippen LogP contribution is -2.35. The third-order valence-corrected chi connectivity index (χ3v) is 6.11. The molecule has 0 heterocycles. The number of hydrogen-bond donors (Lipinski definition) is 1. The highest BCUT2D eigenvalue weighted by atomic mass is 16.5. The first-order valence-corrected chi connectivity index (χ1v) is 11.9. The Hall–Kier alpha value is -1.06. The van der Waals surface area contributed by atoms with E-state index in [0.717, 1.165) is 57.3 Å². The summed E-state index contributed by atoms with van der Waals surface area (Å²) in [6, 6.07) is 0. The molecule has 0 aromatic carbocycles. The van der Waals surface area contributed by atoms with Crippen molar-refractivity contribution in [3.63, 3.8) is 0 Å². The maximum Gasteiger partial charge on any atom is 0.310 e. The smallest absolute Gasteiger partial charge is 0.310 e. The molecule has 0 spiro atoms. The Labute approximate surface area is 172 Å². The van der Waals surface area contributed by atoms with Gasteiger partial charge in [-0.05, 0) is 44.4 Å². The van der Waals surface area contributed by atoms with Crippen molar-refractivity contribution >= 4 is 11.9 Å². The standard InChI is InChI=1S/C24H44O4/c1-4-5-9-15-20(16-11-8-6-7-10-14-19(2)3)28-24(27)22-18-13-12-17-21(22)23(25)26/h19-22H,4-18H2,1-3H3,(H,25,26). The first kappa shape index (κ1) is 25.0. The summed E-state index contributed by atoms with van der Waals surface area (Å²) in [5, 5.41) is 9.44. The average Bonchev–Trinajstić information content (AvgIpc) is 2.66. The molecule has 1 N–H and O–H groups in total. The summed E-state index contributed by atoms with van der Waals surface area (Å²) in [5.74, 6) is -1.32. The van der Waals surface area contributed by atoms with Crippen molar-refractivity contribution in [2.45, 2.75) is 123 Å². The van der Waals surface area contributed by atoms with E-state index in [-0.39, 0.29) is 12.1 Å². The van der Waals surface area contributed by atoms with Crippen molar-refractivity contribution in [3.8, 4) is 0 Å². The molecule has 0 radical (unpaired) electrons. The quantitative estimate of drug-likeness (QED) is 0.245. The summed E-state index contributed by atoms with van der Waals surface area (Å²) >= 11 is 0. The van der Waals surface area contributed by atoms with Gasteiger partial charge in [0.25, 0.3) is 0 Å². The topological polar surface area (TPSA) is 63.6 Å². The minimum absolute atomic E-state index is 0.0360. The van der Waals surface area contributed by atoms with E-state index < -0.39 is 17.8 Å². The lowest BCUT2D eigenvalue weighted by atomic mass is 9.79. The van der Waals surface area contributed by atoms with Gasteiger partial charge in [-0.2, -0.15) is 0 Å². The number of carbonyl (C=O) groups excluding carboxylic acids is 1. The summed E-state index contributed by atoms with van der Waals surface area (Å²) in [5.41, 5.74) is 0. The molecule has 1 aliphatic rings. The second kappa shape index (κ2) is 14.9. The first-order chi connectivity index (χ1) is 13.5. The van der Waals surface area contributed by atoms with Crippen LogP contribution in [0.1, 0.15) is 117 Å². The van der Waals surface area contributed by atoms with Gasteiger partial charge in [-0.25, -0.2) is 0 Å². The van der Waals surface area contributed by atoms with Crippen molar-refractivity contribution in [3.05, 3.63) is 0 Å². The van der Waals surface area contributed by atoms with Gasteiger partial charge in [0.15, 0.2) is 0 Å². The Morgan fingerprint density at radius 2 is 1.39 bits per heavy atom. The van der Waals surface area contributed by atoms with Gasteiger partial charge in [-0.15, -0.1) is 0 Å². The number of carbonyl (C=O) groups is 2. The molecule has 4 heteroatoms. The molecule has 1 rings (SSSR count). The van der Waals surface area contributed by atoms with Crippen LogP contribution in [-0.4, -0.2) is 23.1 Å². The molecule has 4 nitrogen and oxygen atoms in total. The van der Waals surface area contributed by atoms with Gasteiger partial charge < -0.3 is 9.84 Å². The van der Waals surface area contributed by atoms with Crippen LogP contribution in [0.5, 0.6) is 0 Å². The summed E-state index contributed by atoms with van der Waals surface area (Å²) in [6.07, 6.45) is 15.7. The Morgan fingerprint density at radius 1 is 0.857 bits per heavy atom. The highest BCUT2D eigenvalue weighted by Gasteiger charge is 2.37. The number of carboxylic acids is 1. The molecule has 3 unspecified atom stereocenters. The number of unbranched alkanes of at least 4 members (excludes halogenated alkanes) is 6. The number of hydrogen-bond acceptors (Lipinski definition) is 3. The molecule has 0 amide bonds. The molecule has 1 fully saturated rings. The minimum atomic E-state index is -0.842. The lowest BCUT2D eigenvalue weighted by molar-refractivity contribution is -0.164. The Balaban J connectivity index is 2.42. The number of esters is 1. The molecular formula is C24H44O4. The van der Waals surface area contributed by atoms with Gasteiger partial charge in [-0.1, -0.05) is 78.6 Å². The van der Waals surface area contributed by atoms with Gasteiger partial charge in [-0.3, -0.25) is 9.59 Å². The lowest BCUT2D eigenvalue weighted by Gasteiger charge is -2.28. The highest BCUT2D eigenvalue weighted by molar-refractivity contribution is 5.81. The monoisotopic (exact) mass is 396 g/mol. The van der Waals surface area contributed by atoms with Crippen LogP contribution in [0.25, 0.3) is 0 Å². The molecule has 0 aromatic rings. The molecule has 1 saturated carbocycles. The third kappa shape index (κ3) is 10.5. The van der Waals surface area contributed by atoms with Gasteiger partial charge >= 0.3 is 11.9 Å². The normalized spacial score (nSPS) is 20.9. The van der Waals surface area contributed by atoms with Crippen molar-refractivity contribution in [2.75, 3.05) is 0 Å². The third-order valence-electron chi connectivity index (χ3n) is 6.11. The van der Waals surface area contributed by atoms with Crippen molar-refractivity contribution in [1.82, 2.24) is 0 Å². The predicted molar refractivity (Wildman–Crippen MR) is 114 cm³/mol. The summed E-state index contributed by atoms with van der Waals surface area (Å²) < 4.78 is 5.87. The number of rotatable bonds is 15. The fourth-order valence-corrected chi connectivity index (χ4v) is 4.30. The maximum atomic E-state index is 12.7. The average molecular weight is 397 g/mol. The van der Waals surface area contributed by atoms with E-state index in [4.69, 9.17) is 4.74 Å². The molecule has 0 bridgehead atoms. The van der Waals surface area contributed by atoms with E-state index in [9.17, 15) is 14.7 Å². The SMILES string of the molecule is CCCCCC(CCCCCCCC(C)C)OC(=O)C1CCCCC1C(=O)O. The van der Waals surface area contributed by atoms with Crippen LogP contribution in [0.3, 0.4) is 0 Å². The van der Waals surface area contributed by atoms with Crippen LogP contribution in [0.2, 0.25) is 0 Å². The summed E-state index contributed by atoms with van der Waals surface area (Å²) in [7, 11) is 0. The Bertz CT molecular complexity index is 432. The maximum absolute atomic E-state index is 12.7. The van der Waals surface area contributed by atoms with E-state index in [1.807, 2.05) is 0 Å². The molecule has 0 saturated heterocycles. The summed E-state index contributed by atoms with van der Waals surface area (Å²) in [4.78, 5) is 24.2. The van der Waals surface area contributed by atoms with E-state index in [2.05, 4.69) is 20.8 Å². The first-order valence-electron chi connectivity index (χ1n) is 11.9. The largest absolute Gasteiger partial charge is 0.481 e. The zero-order valence-corrected chi connectivity index (χ0v) is 18.6. The molecule has 0 aromatic heterocycles. The molecule has 1 aliphatic carbocycles. The summed E-state index contributed by atoms with van der Waals surface area (Å²) in [6.45, 7) is 6.73. The van der Waals surface area contributed by atoms with Gasteiger partial charge in [0.2, 0.25) is 0 Å². The van der Waals surface area contributed by atoms with Crippen LogP contribution in [0.15, 0.2) is 0 Å². The van der Waals surface area contributed by atoms with Gasteiger partial charge in [0.1, 0.15) is 6.10 Å².